The Kier molecular flexibility index (Phi) is 8.07. The molecule has 6 heteroatoms. The lowest BCUT2D eigenvalue weighted by Gasteiger charge is -2.19. The number of benzene rings is 2. The van der Waals surface area contributed by atoms with E-state index in [1.54, 1.807) is 0 Å². The standard InChI is InChI=1S/C23H29NO5/c1-23(2,3)29-22(26)24-15-8-16-28-19-13-11-18(12-14-19)20(21(25)27-4)17-9-6-5-7-10-17/h5-7,9-14,20H,8,15-16H2,1-4H3,(H,24,26). The van der Waals surface area contributed by atoms with Crippen molar-refractivity contribution in [2.24, 2.45) is 0 Å². The summed E-state index contributed by atoms with van der Waals surface area (Å²) in [7, 11) is 1.39. The van der Waals surface area contributed by atoms with Gasteiger partial charge in [-0.15, -0.1) is 0 Å². The summed E-state index contributed by atoms with van der Waals surface area (Å²) in [6, 6.07) is 16.9. The van der Waals surface area contributed by atoms with E-state index in [1.807, 2.05) is 75.4 Å². The Balaban J connectivity index is 1.86. The fourth-order valence-electron chi connectivity index (χ4n) is 2.75. The molecule has 6 nitrogen and oxygen atoms in total. The Morgan fingerprint density at radius 1 is 0.966 bits per heavy atom. The highest BCUT2D eigenvalue weighted by atomic mass is 16.6. The number of amides is 1. The molecule has 1 atom stereocenters. The summed E-state index contributed by atoms with van der Waals surface area (Å²) in [5.74, 6) is -0.0888. The number of rotatable bonds is 8. The van der Waals surface area contributed by atoms with Crippen LogP contribution in [0.3, 0.4) is 0 Å². The molecule has 0 bridgehead atoms. The van der Waals surface area contributed by atoms with Crippen LogP contribution in [0.4, 0.5) is 4.79 Å². The van der Waals surface area contributed by atoms with Gasteiger partial charge in [-0.25, -0.2) is 4.79 Å². The van der Waals surface area contributed by atoms with Crippen LogP contribution in [0, 0.1) is 0 Å². The quantitative estimate of drug-likeness (QED) is 0.530. The monoisotopic (exact) mass is 399 g/mol. The molecule has 1 unspecified atom stereocenters. The number of carbonyl (C=O) groups excluding carboxylic acids is 2. The molecule has 0 aliphatic rings. The van der Waals surface area contributed by atoms with E-state index in [1.165, 1.54) is 7.11 Å². The molecule has 1 amide bonds. The van der Waals surface area contributed by atoms with Crippen molar-refractivity contribution in [1.82, 2.24) is 5.32 Å². The molecule has 0 aromatic heterocycles. The molecule has 29 heavy (non-hydrogen) atoms. The van der Waals surface area contributed by atoms with Gasteiger partial charge in [-0.2, -0.15) is 0 Å². The summed E-state index contributed by atoms with van der Waals surface area (Å²) in [5, 5.41) is 2.69. The molecule has 1 N–H and O–H groups in total. The third-order valence-electron chi connectivity index (χ3n) is 4.04. The van der Waals surface area contributed by atoms with Gasteiger partial charge in [0.05, 0.1) is 13.7 Å². The van der Waals surface area contributed by atoms with Crippen LogP contribution >= 0.6 is 0 Å². The molecule has 0 aliphatic carbocycles. The number of alkyl carbamates (subject to hydrolysis) is 1. The summed E-state index contributed by atoms with van der Waals surface area (Å²) in [6.07, 6.45) is 0.215. The van der Waals surface area contributed by atoms with Crippen LogP contribution in [-0.4, -0.2) is 37.9 Å². The number of esters is 1. The van der Waals surface area contributed by atoms with Crippen LogP contribution < -0.4 is 10.1 Å². The number of nitrogens with one attached hydrogen (secondary N) is 1. The Bertz CT molecular complexity index is 781. The summed E-state index contributed by atoms with van der Waals surface area (Å²) in [6.45, 7) is 6.38. The van der Waals surface area contributed by atoms with Crippen LogP contribution in [0.5, 0.6) is 5.75 Å². The van der Waals surface area contributed by atoms with E-state index in [-0.39, 0.29) is 5.97 Å². The van der Waals surface area contributed by atoms with E-state index >= 15 is 0 Å². The minimum Gasteiger partial charge on any atom is -0.494 e. The first-order valence-corrected chi connectivity index (χ1v) is 9.62. The summed E-state index contributed by atoms with van der Waals surface area (Å²) in [4.78, 5) is 23.9. The van der Waals surface area contributed by atoms with Crippen molar-refractivity contribution in [1.29, 1.82) is 0 Å². The highest BCUT2D eigenvalue weighted by Gasteiger charge is 2.23. The van der Waals surface area contributed by atoms with Crippen molar-refractivity contribution in [3.8, 4) is 5.75 Å². The lowest BCUT2D eigenvalue weighted by Crippen LogP contribution is -2.33. The van der Waals surface area contributed by atoms with E-state index in [2.05, 4.69) is 5.32 Å². The van der Waals surface area contributed by atoms with E-state index in [0.717, 1.165) is 11.1 Å². The normalized spacial score (nSPS) is 12.0. The predicted molar refractivity (Wildman–Crippen MR) is 111 cm³/mol. The number of ether oxygens (including phenoxy) is 3. The second kappa shape index (κ2) is 10.5. The molecule has 2 aromatic carbocycles. The molecule has 2 aromatic rings. The summed E-state index contributed by atoms with van der Waals surface area (Å²) >= 11 is 0. The van der Waals surface area contributed by atoms with Crippen LogP contribution in [0.1, 0.15) is 44.2 Å². The van der Waals surface area contributed by atoms with Gasteiger partial charge in [-0.3, -0.25) is 4.79 Å². The number of hydrogen-bond acceptors (Lipinski definition) is 5. The van der Waals surface area contributed by atoms with Gasteiger partial charge in [0.25, 0.3) is 0 Å². The minimum absolute atomic E-state index is 0.307. The average molecular weight is 399 g/mol. The van der Waals surface area contributed by atoms with Gasteiger partial charge in [-0.1, -0.05) is 42.5 Å². The average Bonchev–Trinajstić information content (AvgIpc) is 2.68. The maximum Gasteiger partial charge on any atom is 0.407 e. The molecular formula is C23H29NO5. The maximum atomic E-state index is 12.3. The molecule has 0 heterocycles. The van der Waals surface area contributed by atoms with Crippen molar-refractivity contribution >= 4 is 12.1 Å². The maximum absolute atomic E-state index is 12.3. The van der Waals surface area contributed by atoms with E-state index in [4.69, 9.17) is 14.2 Å². The lowest BCUT2D eigenvalue weighted by molar-refractivity contribution is -0.141. The van der Waals surface area contributed by atoms with Crippen LogP contribution in [0.15, 0.2) is 54.6 Å². The van der Waals surface area contributed by atoms with Gasteiger partial charge in [0.2, 0.25) is 0 Å². The SMILES string of the molecule is COC(=O)C(c1ccccc1)c1ccc(OCCCNC(=O)OC(C)(C)C)cc1. The van der Waals surface area contributed by atoms with Crippen molar-refractivity contribution in [2.75, 3.05) is 20.3 Å². The first kappa shape index (κ1) is 22.3. The van der Waals surface area contributed by atoms with Crippen molar-refractivity contribution in [3.05, 3.63) is 65.7 Å². The molecule has 0 spiro atoms. The fourth-order valence-corrected chi connectivity index (χ4v) is 2.75. The zero-order valence-electron chi connectivity index (χ0n) is 17.4. The summed E-state index contributed by atoms with van der Waals surface area (Å²) in [5.41, 5.74) is 1.20. The molecule has 0 aliphatic heterocycles. The molecule has 0 saturated carbocycles. The smallest absolute Gasteiger partial charge is 0.407 e. The topological polar surface area (TPSA) is 73.9 Å². The zero-order chi connectivity index (χ0) is 21.3. The largest absolute Gasteiger partial charge is 0.494 e. The fraction of sp³-hybridized carbons (Fsp3) is 0.391. The minimum atomic E-state index is -0.510. The van der Waals surface area contributed by atoms with Gasteiger partial charge in [0, 0.05) is 6.54 Å². The second-order valence-corrected chi connectivity index (χ2v) is 7.57. The molecular weight excluding hydrogens is 370 g/mol. The Morgan fingerprint density at radius 2 is 1.59 bits per heavy atom. The van der Waals surface area contributed by atoms with Crippen LogP contribution in [0.2, 0.25) is 0 Å². The highest BCUT2D eigenvalue weighted by molar-refractivity contribution is 5.82. The third kappa shape index (κ3) is 7.49. The number of carbonyl (C=O) groups is 2. The Labute approximate surface area is 172 Å². The van der Waals surface area contributed by atoms with E-state index in [9.17, 15) is 9.59 Å². The van der Waals surface area contributed by atoms with Crippen molar-refractivity contribution in [2.45, 2.75) is 38.7 Å². The Morgan fingerprint density at radius 3 is 2.17 bits per heavy atom. The van der Waals surface area contributed by atoms with Gasteiger partial charge < -0.3 is 19.5 Å². The van der Waals surface area contributed by atoms with Gasteiger partial charge in [-0.05, 0) is 50.5 Å². The second-order valence-electron chi connectivity index (χ2n) is 7.57. The number of methoxy groups -OCH3 is 1. The van der Waals surface area contributed by atoms with Crippen molar-refractivity contribution in [3.63, 3.8) is 0 Å². The van der Waals surface area contributed by atoms with E-state index in [0.29, 0.717) is 25.3 Å². The van der Waals surface area contributed by atoms with Crippen LogP contribution in [-0.2, 0) is 14.3 Å². The predicted octanol–water partition coefficient (Wildman–Crippen LogP) is 4.29. The molecule has 0 radical (unpaired) electrons. The highest BCUT2D eigenvalue weighted by Crippen LogP contribution is 2.27. The van der Waals surface area contributed by atoms with Crippen LogP contribution in [0.25, 0.3) is 0 Å². The first-order chi connectivity index (χ1) is 13.8. The van der Waals surface area contributed by atoms with E-state index < -0.39 is 17.6 Å². The summed E-state index contributed by atoms with van der Waals surface area (Å²) < 4.78 is 15.9. The van der Waals surface area contributed by atoms with Crippen molar-refractivity contribution < 1.29 is 23.8 Å². The molecule has 156 valence electrons. The first-order valence-electron chi connectivity index (χ1n) is 9.62. The van der Waals surface area contributed by atoms with Gasteiger partial charge >= 0.3 is 12.1 Å². The van der Waals surface area contributed by atoms with Gasteiger partial charge in [0.1, 0.15) is 17.3 Å². The molecule has 2 rings (SSSR count). The Hall–Kier alpha value is -3.02. The third-order valence-corrected chi connectivity index (χ3v) is 4.04. The lowest BCUT2D eigenvalue weighted by atomic mass is 9.91. The van der Waals surface area contributed by atoms with Gasteiger partial charge in [0.15, 0.2) is 0 Å². The number of hydrogen-bond donors (Lipinski definition) is 1. The molecule has 0 fully saturated rings. The molecule has 0 saturated heterocycles. The zero-order valence-corrected chi connectivity index (χ0v) is 17.4.